The number of hydrogen-bond donors (Lipinski definition) is 2. The van der Waals surface area contributed by atoms with E-state index in [1.807, 2.05) is 5.32 Å². The van der Waals surface area contributed by atoms with Crippen molar-refractivity contribution in [2.75, 3.05) is 23.3 Å². The van der Waals surface area contributed by atoms with Gasteiger partial charge in [0.2, 0.25) is 11.9 Å². The van der Waals surface area contributed by atoms with Gasteiger partial charge in [-0.2, -0.15) is 28.1 Å². The average Bonchev–Trinajstić information content (AvgIpc) is 2.56. The Kier molecular flexibility index (Phi) is 5.12. The molecule has 0 amide bonds. The Balaban J connectivity index is 2.00. The van der Waals surface area contributed by atoms with Gasteiger partial charge >= 0.3 is 6.18 Å². The van der Waals surface area contributed by atoms with Gasteiger partial charge in [0.15, 0.2) is 11.9 Å². The smallest absolute Gasteiger partial charge is 0.380 e. The molecule has 29 heavy (non-hydrogen) atoms. The zero-order valence-electron chi connectivity index (χ0n) is 14.7. The largest absolute Gasteiger partial charge is 0.408 e. The lowest BCUT2D eigenvalue weighted by Gasteiger charge is -2.38. The van der Waals surface area contributed by atoms with Gasteiger partial charge in [0.05, 0.1) is 13.1 Å². The molecular weight excluding hydrogens is 418 g/mol. The SMILES string of the molecule is C[C@@H](Nc1nc(C2=C(F)C(O)C(F)(F)CC2)nc(N2CC(F)(F)C2)n1)C(F)(F)F. The maximum Gasteiger partial charge on any atom is 0.408 e. The van der Waals surface area contributed by atoms with Crippen LogP contribution in [0.15, 0.2) is 5.83 Å². The topological polar surface area (TPSA) is 74.2 Å². The first-order valence-electron chi connectivity index (χ1n) is 8.36. The van der Waals surface area contributed by atoms with Crippen LogP contribution < -0.4 is 10.2 Å². The summed E-state index contributed by atoms with van der Waals surface area (Å²) in [6.45, 7) is -0.911. The minimum absolute atomic E-state index is 0.468. The minimum atomic E-state index is -4.70. The first kappa shape index (κ1) is 21.5. The van der Waals surface area contributed by atoms with Crippen LogP contribution in [0.2, 0.25) is 0 Å². The van der Waals surface area contributed by atoms with Gasteiger partial charge in [0, 0.05) is 12.0 Å². The molecule has 0 aromatic carbocycles. The highest BCUT2D eigenvalue weighted by molar-refractivity contribution is 5.66. The molecule has 0 spiro atoms. The highest BCUT2D eigenvalue weighted by atomic mass is 19.4. The summed E-state index contributed by atoms with van der Waals surface area (Å²) in [5.74, 6) is -10.2. The number of rotatable bonds is 4. The van der Waals surface area contributed by atoms with Gasteiger partial charge in [-0.1, -0.05) is 0 Å². The highest BCUT2D eigenvalue weighted by Crippen LogP contribution is 2.41. The molecule has 3 rings (SSSR count). The van der Waals surface area contributed by atoms with E-state index >= 15 is 0 Å². The lowest BCUT2D eigenvalue weighted by atomic mass is 9.92. The van der Waals surface area contributed by atoms with E-state index in [4.69, 9.17) is 0 Å². The van der Waals surface area contributed by atoms with Crippen molar-refractivity contribution < 1.29 is 40.2 Å². The highest BCUT2D eigenvalue weighted by Gasteiger charge is 2.48. The molecule has 1 aliphatic carbocycles. The Labute approximate surface area is 158 Å². The number of aromatic nitrogens is 3. The molecule has 162 valence electrons. The lowest BCUT2D eigenvalue weighted by Crippen LogP contribution is -2.57. The molecule has 1 aromatic rings. The molecular formula is C15H15F8N5O. The summed E-state index contributed by atoms with van der Waals surface area (Å²) in [4.78, 5) is 11.9. The van der Waals surface area contributed by atoms with Crippen LogP contribution in [0.5, 0.6) is 0 Å². The van der Waals surface area contributed by atoms with Gasteiger partial charge in [-0.05, 0) is 13.3 Å². The Morgan fingerprint density at radius 2 is 1.76 bits per heavy atom. The first-order valence-corrected chi connectivity index (χ1v) is 8.36. The van der Waals surface area contributed by atoms with Crippen LogP contribution in [0.25, 0.3) is 5.57 Å². The van der Waals surface area contributed by atoms with Crippen LogP contribution in [-0.4, -0.2) is 63.3 Å². The number of nitrogens with zero attached hydrogens (tertiary/aromatic N) is 4. The third-order valence-corrected chi connectivity index (χ3v) is 4.49. The van der Waals surface area contributed by atoms with Crippen LogP contribution in [-0.2, 0) is 0 Å². The van der Waals surface area contributed by atoms with Gasteiger partial charge in [0.25, 0.3) is 11.8 Å². The third-order valence-electron chi connectivity index (χ3n) is 4.49. The third kappa shape index (κ3) is 4.36. The normalized spacial score (nSPS) is 24.9. The van der Waals surface area contributed by atoms with Crippen LogP contribution >= 0.6 is 0 Å². The van der Waals surface area contributed by atoms with Gasteiger partial charge in [0.1, 0.15) is 11.9 Å². The fraction of sp³-hybridized carbons (Fsp3) is 0.667. The Morgan fingerprint density at radius 3 is 2.31 bits per heavy atom. The van der Waals surface area contributed by atoms with E-state index in [0.29, 0.717) is 0 Å². The molecule has 2 atom stereocenters. The predicted octanol–water partition coefficient (Wildman–Crippen LogP) is 3.16. The molecule has 2 aliphatic rings. The Hall–Kier alpha value is -2.25. The van der Waals surface area contributed by atoms with Gasteiger partial charge < -0.3 is 15.3 Å². The molecule has 14 heteroatoms. The van der Waals surface area contributed by atoms with E-state index in [9.17, 15) is 40.2 Å². The maximum absolute atomic E-state index is 14.3. The van der Waals surface area contributed by atoms with Crippen LogP contribution in [0, 0.1) is 0 Å². The van der Waals surface area contributed by atoms with Crippen LogP contribution in [0.1, 0.15) is 25.6 Å². The van der Waals surface area contributed by atoms with E-state index < -0.39 is 85.2 Å². The number of alkyl halides is 7. The second-order valence-electron chi connectivity index (χ2n) is 6.89. The van der Waals surface area contributed by atoms with Crippen molar-refractivity contribution in [1.29, 1.82) is 0 Å². The lowest BCUT2D eigenvalue weighted by molar-refractivity contribution is -0.138. The molecule has 0 bridgehead atoms. The second kappa shape index (κ2) is 6.92. The summed E-state index contributed by atoms with van der Waals surface area (Å²) in [6, 6.07) is -2.15. The van der Waals surface area contributed by atoms with Crippen LogP contribution in [0.3, 0.4) is 0 Å². The molecule has 1 aliphatic heterocycles. The second-order valence-corrected chi connectivity index (χ2v) is 6.89. The Morgan fingerprint density at radius 1 is 1.14 bits per heavy atom. The quantitative estimate of drug-likeness (QED) is 0.711. The number of aliphatic hydroxyl groups is 1. The fourth-order valence-corrected chi connectivity index (χ4v) is 2.75. The molecule has 0 radical (unpaired) electrons. The summed E-state index contributed by atoms with van der Waals surface area (Å²) >= 11 is 0. The van der Waals surface area contributed by atoms with Crippen molar-refractivity contribution in [3.8, 4) is 0 Å². The first-order chi connectivity index (χ1) is 13.2. The molecule has 2 N–H and O–H groups in total. The Bertz CT molecular complexity index is 819. The fourth-order valence-electron chi connectivity index (χ4n) is 2.75. The van der Waals surface area contributed by atoms with E-state index in [1.54, 1.807) is 0 Å². The van der Waals surface area contributed by atoms with Crippen molar-refractivity contribution in [3.63, 3.8) is 0 Å². The molecule has 6 nitrogen and oxygen atoms in total. The number of aliphatic hydroxyl groups excluding tert-OH is 1. The summed E-state index contributed by atoms with van der Waals surface area (Å²) < 4.78 is 106. The van der Waals surface area contributed by atoms with E-state index in [0.717, 1.165) is 11.8 Å². The zero-order chi connectivity index (χ0) is 21.8. The molecule has 0 saturated carbocycles. The molecule has 1 aromatic heterocycles. The van der Waals surface area contributed by atoms with Gasteiger partial charge in [-0.15, -0.1) is 0 Å². The van der Waals surface area contributed by atoms with Crippen molar-refractivity contribution >= 4 is 17.5 Å². The maximum atomic E-state index is 14.3. The molecule has 1 unspecified atom stereocenters. The van der Waals surface area contributed by atoms with Crippen molar-refractivity contribution in [2.45, 2.75) is 49.9 Å². The average molecular weight is 433 g/mol. The summed E-state index contributed by atoms with van der Waals surface area (Å²) in [6.07, 6.45) is -9.06. The minimum Gasteiger partial charge on any atom is -0.380 e. The standard InChI is InChI=1S/C15H15F8N5O/c1-6(15(21,22)23)24-11-25-10(7-2-3-14(19,20)9(29)8(7)16)26-12(27-11)28-4-13(17,18)5-28/h6,9,29H,2-5H2,1H3,(H,24,25,26,27)/t6-,9?/m1/s1. The number of halogens is 8. The summed E-state index contributed by atoms with van der Waals surface area (Å²) in [5.41, 5.74) is -0.554. The van der Waals surface area contributed by atoms with Crippen LogP contribution in [0.4, 0.5) is 47.0 Å². The summed E-state index contributed by atoms with van der Waals surface area (Å²) in [5, 5.41) is 11.3. The number of anilines is 2. The van der Waals surface area contributed by atoms with Crippen molar-refractivity contribution in [1.82, 2.24) is 15.0 Å². The monoisotopic (exact) mass is 433 g/mol. The number of hydrogen-bond acceptors (Lipinski definition) is 6. The molecule has 1 fully saturated rings. The van der Waals surface area contributed by atoms with Crippen molar-refractivity contribution in [3.05, 3.63) is 11.7 Å². The number of allylic oxidation sites excluding steroid dienone is 1. The van der Waals surface area contributed by atoms with E-state index in [-0.39, 0.29) is 0 Å². The van der Waals surface area contributed by atoms with Gasteiger partial charge in [-0.3, -0.25) is 0 Å². The molecule has 2 heterocycles. The number of nitrogens with one attached hydrogen (secondary N) is 1. The predicted molar refractivity (Wildman–Crippen MR) is 84.3 cm³/mol. The zero-order valence-corrected chi connectivity index (χ0v) is 14.7. The molecule has 1 saturated heterocycles. The van der Waals surface area contributed by atoms with Gasteiger partial charge in [-0.25, -0.2) is 22.0 Å². The summed E-state index contributed by atoms with van der Waals surface area (Å²) in [7, 11) is 0. The van der Waals surface area contributed by atoms with E-state index in [1.165, 1.54) is 0 Å². The van der Waals surface area contributed by atoms with Crippen molar-refractivity contribution in [2.24, 2.45) is 0 Å². The van der Waals surface area contributed by atoms with E-state index in [2.05, 4.69) is 15.0 Å².